The molecule has 1 aliphatic heterocycles. The number of allylic oxidation sites excluding steroid dienone is 2. The maximum atomic E-state index is 12.8. The van der Waals surface area contributed by atoms with E-state index in [2.05, 4.69) is 5.32 Å². The fourth-order valence-electron chi connectivity index (χ4n) is 1.84. The summed E-state index contributed by atoms with van der Waals surface area (Å²) < 4.78 is 38.3. The molecule has 1 aliphatic carbocycles. The summed E-state index contributed by atoms with van der Waals surface area (Å²) in [6.45, 7) is 0.221. The van der Waals surface area contributed by atoms with Crippen LogP contribution in [0.5, 0.6) is 0 Å². The van der Waals surface area contributed by atoms with Crippen LogP contribution in [0.25, 0.3) is 0 Å². The third-order valence-electron chi connectivity index (χ3n) is 2.86. The van der Waals surface area contributed by atoms with Crippen molar-refractivity contribution in [2.45, 2.75) is 25.1 Å². The molecule has 6 heteroatoms. The van der Waals surface area contributed by atoms with Crippen LogP contribution in [0.3, 0.4) is 0 Å². The summed E-state index contributed by atoms with van der Waals surface area (Å²) in [5.74, 6) is 0. The summed E-state index contributed by atoms with van der Waals surface area (Å²) in [6, 6.07) is 0.0179. The number of hydrogen-bond donors (Lipinski definition) is 2. The second kappa shape index (κ2) is 3.61. The molecule has 0 atom stereocenters. The number of likely N-dealkylation sites (N-methyl/N-ethyl adjacent to an activating group) is 1. The van der Waals surface area contributed by atoms with Gasteiger partial charge in [-0.3, -0.25) is 0 Å². The van der Waals surface area contributed by atoms with Crippen molar-refractivity contribution in [2.24, 2.45) is 5.73 Å². The lowest BCUT2D eigenvalue weighted by atomic mass is 10.1. The molecule has 0 saturated heterocycles. The molecule has 0 aromatic heterocycles. The standard InChI is InChI=1S/C10H14F3N3/c1-15-8-5-16(6-2-3-6)9(4-7(8)14)10(11,12)13/h4,6,15H,2-3,5,14H2,1H3. The minimum Gasteiger partial charge on any atom is -0.397 e. The van der Waals surface area contributed by atoms with Crippen LogP contribution in [0.1, 0.15) is 12.8 Å². The minimum absolute atomic E-state index is 0.0179. The first-order valence-electron chi connectivity index (χ1n) is 5.15. The summed E-state index contributed by atoms with van der Waals surface area (Å²) in [7, 11) is 1.67. The van der Waals surface area contributed by atoms with Gasteiger partial charge in [-0.2, -0.15) is 13.2 Å². The maximum Gasteiger partial charge on any atom is 0.431 e. The van der Waals surface area contributed by atoms with E-state index in [0.29, 0.717) is 5.70 Å². The topological polar surface area (TPSA) is 41.3 Å². The molecule has 0 amide bonds. The molecule has 1 saturated carbocycles. The molecule has 2 rings (SSSR count). The number of nitrogens with zero attached hydrogens (tertiary/aromatic N) is 1. The van der Waals surface area contributed by atoms with Crippen molar-refractivity contribution in [3.05, 3.63) is 23.2 Å². The van der Waals surface area contributed by atoms with Crippen molar-refractivity contribution in [3.63, 3.8) is 0 Å². The van der Waals surface area contributed by atoms with Crippen molar-refractivity contribution >= 4 is 0 Å². The molecule has 90 valence electrons. The van der Waals surface area contributed by atoms with Gasteiger partial charge in [-0.05, 0) is 18.9 Å². The zero-order valence-corrected chi connectivity index (χ0v) is 8.93. The lowest BCUT2D eigenvalue weighted by Crippen LogP contribution is -2.40. The average Bonchev–Trinajstić information content (AvgIpc) is 2.99. The van der Waals surface area contributed by atoms with Gasteiger partial charge in [-0.25, -0.2) is 0 Å². The smallest absolute Gasteiger partial charge is 0.397 e. The van der Waals surface area contributed by atoms with Crippen LogP contribution in [0.2, 0.25) is 0 Å². The fourth-order valence-corrected chi connectivity index (χ4v) is 1.84. The number of nitrogens with one attached hydrogen (secondary N) is 1. The number of alkyl halides is 3. The maximum absolute atomic E-state index is 12.8. The zero-order chi connectivity index (χ0) is 11.9. The van der Waals surface area contributed by atoms with Gasteiger partial charge in [0.2, 0.25) is 0 Å². The summed E-state index contributed by atoms with van der Waals surface area (Å²) in [5, 5.41) is 2.84. The Morgan fingerprint density at radius 2 is 2.06 bits per heavy atom. The number of hydrogen-bond acceptors (Lipinski definition) is 3. The summed E-state index contributed by atoms with van der Waals surface area (Å²) in [6.07, 6.45) is -1.66. The lowest BCUT2D eigenvalue weighted by Gasteiger charge is -2.33. The third kappa shape index (κ3) is 1.96. The number of halogens is 3. The summed E-state index contributed by atoms with van der Waals surface area (Å²) in [5.41, 5.74) is 5.78. The van der Waals surface area contributed by atoms with E-state index in [1.165, 1.54) is 4.90 Å². The van der Waals surface area contributed by atoms with Crippen molar-refractivity contribution < 1.29 is 13.2 Å². The molecule has 0 bridgehead atoms. The number of rotatable bonds is 2. The largest absolute Gasteiger partial charge is 0.431 e. The molecule has 0 unspecified atom stereocenters. The SMILES string of the molecule is CNC1=C(N)C=C(C(F)(F)F)N(C2CC2)C1. The van der Waals surface area contributed by atoms with E-state index >= 15 is 0 Å². The molecular weight excluding hydrogens is 219 g/mol. The predicted octanol–water partition coefficient (Wildman–Crippen LogP) is 1.30. The Balaban J connectivity index is 2.32. The van der Waals surface area contributed by atoms with Gasteiger partial charge in [0.1, 0.15) is 5.70 Å². The van der Waals surface area contributed by atoms with E-state index in [9.17, 15) is 13.2 Å². The van der Waals surface area contributed by atoms with Crippen molar-refractivity contribution in [3.8, 4) is 0 Å². The van der Waals surface area contributed by atoms with Crippen LogP contribution in [-0.4, -0.2) is 30.7 Å². The first kappa shape index (κ1) is 11.2. The van der Waals surface area contributed by atoms with Gasteiger partial charge in [-0.1, -0.05) is 0 Å². The monoisotopic (exact) mass is 233 g/mol. The van der Waals surface area contributed by atoms with Crippen LogP contribution in [-0.2, 0) is 0 Å². The molecule has 16 heavy (non-hydrogen) atoms. The van der Waals surface area contributed by atoms with Crippen LogP contribution in [0.4, 0.5) is 13.2 Å². The Hall–Kier alpha value is -1.33. The van der Waals surface area contributed by atoms with Gasteiger partial charge in [0.15, 0.2) is 0 Å². The molecule has 0 radical (unpaired) electrons. The first-order valence-corrected chi connectivity index (χ1v) is 5.15. The first-order chi connectivity index (χ1) is 7.43. The van der Waals surface area contributed by atoms with Crippen LogP contribution in [0, 0.1) is 0 Å². The Labute approximate surface area is 91.8 Å². The quantitative estimate of drug-likeness (QED) is 0.755. The Morgan fingerprint density at radius 3 is 2.50 bits per heavy atom. The molecule has 1 heterocycles. The summed E-state index contributed by atoms with van der Waals surface area (Å²) >= 11 is 0. The second-order valence-corrected chi connectivity index (χ2v) is 4.07. The molecule has 0 aromatic carbocycles. The highest BCUT2D eigenvalue weighted by atomic mass is 19.4. The van der Waals surface area contributed by atoms with Crippen molar-refractivity contribution in [1.29, 1.82) is 0 Å². The molecule has 0 spiro atoms. The fraction of sp³-hybridized carbons (Fsp3) is 0.600. The van der Waals surface area contributed by atoms with Gasteiger partial charge in [0, 0.05) is 13.1 Å². The highest BCUT2D eigenvalue weighted by Crippen LogP contribution is 2.39. The van der Waals surface area contributed by atoms with E-state index in [0.717, 1.165) is 18.9 Å². The van der Waals surface area contributed by atoms with Crippen LogP contribution in [0.15, 0.2) is 23.2 Å². The van der Waals surface area contributed by atoms with Gasteiger partial charge in [0.05, 0.1) is 17.9 Å². The van der Waals surface area contributed by atoms with E-state index in [1.807, 2.05) is 0 Å². The normalized spacial score (nSPS) is 22.2. The zero-order valence-electron chi connectivity index (χ0n) is 8.93. The third-order valence-corrected chi connectivity index (χ3v) is 2.86. The van der Waals surface area contributed by atoms with E-state index in [4.69, 9.17) is 5.73 Å². The van der Waals surface area contributed by atoms with Gasteiger partial charge in [-0.15, -0.1) is 0 Å². The molecule has 3 N–H and O–H groups in total. The molecule has 3 nitrogen and oxygen atoms in total. The Kier molecular flexibility index (Phi) is 2.52. The van der Waals surface area contributed by atoms with Crippen molar-refractivity contribution in [1.82, 2.24) is 10.2 Å². The second-order valence-electron chi connectivity index (χ2n) is 4.07. The van der Waals surface area contributed by atoms with Gasteiger partial charge in [0.25, 0.3) is 0 Å². The minimum atomic E-state index is -4.33. The van der Waals surface area contributed by atoms with E-state index in [-0.39, 0.29) is 18.3 Å². The molecule has 2 aliphatic rings. The Bertz CT molecular complexity index is 353. The summed E-state index contributed by atoms with van der Waals surface area (Å²) in [4.78, 5) is 1.39. The Morgan fingerprint density at radius 1 is 1.44 bits per heavy atom. The van der Waals surface area contributed by atoms with Crippen LogP contribution < -0.4 is 11.1 Å². The average molecular weight is 233 g/mol. The van der Waals surface area contributed by atoms with E-state index < -0.39 is 11.9 Å². The van der Waals surface area contributed by atoms with Gasteiger partial charge >= 0.3 is 6.18 Å². The van der Waals surface area contributed by atoms with Crippen molar-refractivity contribution in [2.75, 3.05) is 13.6 Å². The van der Waals surface area contributed by atoms with Crippen LogP contribution >= 0.6 is 0 Å². The van der Waals surface area contributed by atoms with Gasteiger partial charge < -0.3 is 16.0 Å². The number of nitrogens with two attached hydrogens (primary N) is 1. The predicted molar refractivity (Wildman–Crippen MR) is 54.1 cm³/mol. The lowest BCUT2D eigenvalue weighted by molar-refractivity contribution is -0.112. The molecule has 1 fully saturated rings. The molecule has 0 aromatic rings. The molecular formula is C10H14F3N3. The highest BCUT2D eigenvalue weighted by molar-refractivity contribution is 5.34. The van der Waals surface area contributed by atoms with E-state index in [1.54, 1.807) is 7.05 Å². The highest BCUT2D eigenvalue weighted by Gasteiger charge is 2.44.